The summed E-state index contributed by atoms with van der Waals surface area (Å²) in [7, 11) is -8.80. The van der Waals surface area contributed by atoms with Gasteiger partial charge in [0.2, 0.25) is 11.0 Å². The van der Waals surface area contributed by atoms with Crippen molar-refractivity contribution in [1.82, 2.24) is 10.1 Å². The standard InChI is InChI=1S/C61H67N3O7S4/c1-7-9-23-47(8-2)42-62-71-75(68,69)52-38-45(5)61(46(6)39-52)64(35-20-37-73-51-26-14-11-15-27-51)49-31-33-54-57(41-49)70-56-40-48(30-32-53(56)59(54)55-28-16-17-29-58(55)74(65,66)67)63(60-43(3)21-18-22-44(60)4)34-19-36-72-50-24-12-10-13-25-50/h10-18,21-22,24-33,38-41,47,62H,7-9,19-20,23,34-37,42H2,1-6H3/p+1. The summed E-state index contributed by atoms with van der Waals surface area (Å²) < 4.78 is 79.1. The molecule has 0 spiro atoms. The Balaban J connectivity index is 1.28. The molecule has 2 N–H and O–H groups in total. The first-order chi connectivity index (χ1) is 36.2. The van der Waals surface area contributed by atoms with Gasteiger partial charge in [-0.05, 0) is 124 Å². The van der Waals surface area contributed by atoms with Gasteiger partial charge in [0.15, 0.2) is 0 Å². The average Bonchev–Trinajstić information content (AvgIpc) is 3.40. The molecular formula is C61H68N3O7S4+. The molecule has 14 heteroatoms. The zero-order valence-electron chi connectivity index (χ0n) is 43.7. The molecule has 0 radical (unpaired) electrons. The SMILES string of the molecule is CCCCC(CC)CNOS(=O)(=O)c1cc(C)c([N+](CCCSc2ccccc2)=c2ccc3c(-c4ccccc4S(=O)(=O)O)c4ccc(N(CCCSc5ccccc5)c5c(C)cccc5C)cc4oc-3c2)c(C)c1. The first kappa shape index (κ1) is 55.5. The number of hydroxylamine groups is 1. The molecule has 1 unspecified atom stereocenters. The van der Waals surface area contributed by atoms with Gasteiger partial charge in [0, 0.05) is 91.8 Å². The molecule has 1 atom stereocenters. The van der Waals surface area contributed by atoms with Crippen LogP contribution in [0.4, 0.5) is 17.1 Å². The summed E-state index contributed by atoms with van der Waals surface area (Å²) in [5, 5.41) is 1.48. The summed E-state index contributed by atoms with van der Waals surface area (Å²) in [5.41, 5.74) is 11.6. The Morgan fingerprint density at radius 3 is 1.96 bits per heavy atom. The van der Waals surface area contributed by atoms with Crippen LogP contribution < -0.4 is 20.3 Å². The van der Waals surface area contributed by atoms with Crippen LogP contribution in [0.5, 0.6) is 0 Å². The van der Waals surface area contributed by atoms with Crippen LogP contribution in [0.15, 0.2) is 176 Å². The van der Waals surface area contributed by atoms with Crippen molar-refractivity contribution in [2.45, 2.75) is 99.6 Å². The van der Waals surface area contributed by atoms with Crippen LogP contribution in [-0.4, -0.2) is 52.5 Å². The van der Waals surface area contributed by atoms with Gasteiger partial charge in [0.05, 0.1) is 11.0 Å². The number of nitrogens with one attached hydrogen (secondary N) is 1. The minimum Gasteiger partial charge on any atom is -0.456 e. The molecule has 6 aromatic rings. The van der Waals surface area contributed by atoms with E-state index < -0.39 is 20.2 Å². The number of fused-ring (bicyclic) bond motifs is 2. The molecule has 1 aliphatic carbocycles. The molecule has 0 amide bonds. The minimum atomic E-state index is -4.65. The number of aryl methyl sites for hydroxylation is 4. The Bertz CT molecular complexity index is 3470. The van der Waals surface area contributed by atoms with E-state index in [1.165, 1.54) is 15.9 Å². The molecule has 8 rings (SSSR count). The summed E-state index contributed by atoms with van der Waals surface area (Å²) in [5.74, 6) is 2.54. The lowest BCUT2D eigenvalue weighted by molar-refractivity contribution is 0.179. The first-order valence-electron chi connectivity index (χ1n) is 25.8. The van der Waals surface area contributed by atoms with Crippen molar-refractivity contribution in [3.63, 3.8) is 0 Å². The van der Waals surface area contributed by atoms with Gasteiger partial charge in [-0.15, -0.1) is 23.5 Å². The number of hydrogen-bond acceptors (Lipinski definition) is 10. The van der Waals surface area contributed by atoms with Crippen LogP contribution in [-0.2, 0) is 24.5 Å². The summed E-state index contributed by atoms with van der Waals surface area (Å²) in [4.78, 5) is 4.60. The van der Waals surface area contributed by atoms with Gasteiger partial charge >= 0.3 is 10.1 Å². The fourth-order valence-electron chi connectivity index (χ4n) is 9.93. The Kier molecular flexibility index (Phi) is 18.8. The highest BCUT2D eigenvalue weighted by Crippen LogP contribution is 2.44. The quantitative estimate of drug-likeness (QED) is 0.0150. The highest BCUT2D eigenvalue weighted by molar-refractivity contribution is 7.99. The van der Waals surface area contributed by atoms with Crippen molar-refractivity contribution in [3.05, 3.63) is 179 Å². The highest BCUT2D eigenvalue weighted by atomic mass is 32.2. The molecule has 0 saturated heterocycles. The third-order valence-corrected chi connectivity index (χ3v) is 17.9. The van der Waals surface area contributed by atoms with Crippen LogP contribution in [0.3, 0.4) is 0 Å². The number of nitrogens with zero attached hydrogens (tertiary/aromatic N) is 2. The lowest BCUT2D eigenvalue weighted by Crippen LogP contribution is -2.29. The second-order valence-corrected chi connectivity index (χ2v) is 24.4. The van der Waals surface area contributed by atoms with E-state index in [1.54, 1.807) is 42.1 Å². The molecule has 0 fully saturated rings. The van der Waals surface area contributed by atoms with Crippen molar-refractivity contribution < 1.29 is 30.1 Å². The summed E-state index contributed by atoms with van der Waals surface area (Å²) in [6.07, 6.45) is 5.74. The minimum absolute atomic E-state index is 0.0674. The van der Waals surface area contributed by atoms with Gasteiger partial charge < -0.3 is 9.32 Å². The molecule has 1 heterocycles. The maximum absolute atomic E-state index is 13.7. The van der Waals surface area contributed by atoms with E-state index in [1.807, 2.05) is 80.2 Å². The Morgan fingerprint density at radius 2 is 1.32 bits per heavy atom. The van der Waals surface area contributed by atoms with Gasteiger partial charge in [-0.1, -0.05) is 106 Å². The molecular weight excluding hydrogens is 1010 g/mol. The molecule has 0 bridgehead atoms. The van der Waals surface area contributed by atoms with Gasteiger partial charge in [-0.25, -0.2) is 0 Å². The number of benzene rings is 7. The number of rotatable bonds is 24. The Hall–Kier alpha value is -5.71. The van der Waals surface area contributed by atoms with Gasteiger partial charge in [0.1, 0.15) is 22.8 Å². The fourth-order valence-corrected chi connectivity index (χ4v) is 13.3. The summed E-state index contributed by atoms with van der Waals surface area (Å²) in [6, 6.07) is 48.9. The van der Waals surface area contributed by atoms with Crippen LogP contribution >= 0.6 is 23.5 Å². The molecule has 6 aromatic carbocycles. The van der Waals surface area contributed by atoms with Crippen molar-refractivity contribution in [3.8, 4) is 22.5 Å². The number of anilines is 2. The molecule has 75 heavy (non-hydrogen) atoms. The zero-order chi connectivity index (χ0) is 53.1. The predicted molar refractivity (Wildman–Crippen MR) is 310 cm³/mol. The average molecular weight is 1080 g/mol. The van der Waals surface area contributed by atoms with E-state index in [4.69, 9.17) is 8.70 Å². The van der Waals surface area contributed by atoms with Crippen molar-refractivity contribution in [1.29, 1.82) is 0 Å². The van der Waals surface area contributed by atoms with Crippen LogP contribution in [0.2, 0.25) is 0 Å². The van der Waals surface area contributed by atoms with Crippen molar-refractivity contribution in [2.24, 2.45) is 5.92 Å². The number of thioether (sulfide) groups is 2. The van der Waals surface area contributed by atoms with Crippen molar-refractivity contribution >= 4 is 71.8 Å². The molecule has 0 aromatic heterocycles. The summed E-state index contributed by atoms with van der Waals surface area (Å²) >= 11 is 3.60. The molecule has 1 aliphatic heterocycles. The maximum atomic E-state index is 13.7. The highest BCUT2D eigenvalue weighted by Gasteiger charge is 2.28. The first-order valence-corrected chi connectivity index (χ1v) is 30.6. The molecule has 392 valence electrons. The van der Waals surface area contributed by atoms with Crippen LogP contribution in [0, 0.1) is 33.6 Å². The van der Waals surface area contributed by atoms with Gasteiger partial charge in [-0.2, -0.15) is 31.2 Å². The van der Waals surface area contributed by atoms with Crippen LogP contribution in [0.1, 0.15) is 74.6 Å². The monoisotopic (exact) mass is 1080 g/mol. The largest absolute Gasteiger partial charge is 0.456 e. The number of para-hydroxylation sites is 1. The third-order valence-electron chi connectivity index (χ3n) is 13.6. The zero-order valence-corrected chi connectivity index (χ0v) is 47.0. The summed E-state index contributed by atoms with van der Waals surface area (Å²) in [6.45, 7) is 14.1. The van der Waals surface area contributed by atoms with Crippen molar-refractivity contribution in [2.75, 3.05) is 36.0 Å². The smallest absolute Gasteiger partial charge is 0.312 e. The van der Waals surface area contributed by atoms with E-state index in [9.17, 15) is 21.4 Å². The normalized spacial score (nSPS) is 12.8. The Morgan fingerprint density at radius 1 is 0.680 bits per heavy atom. The topological polar surface area (TPSA) is 129 Å². The lowest BCUT2D eigenvalue weighted by Gasteiger charge is -2.29. The molecule has 10 nitrogen and oxygen atoms in total. The van der Waals surface area contributed by atoms with Gasteiger partial charge in [0.25, 0.3) is 10.1 Å². The Labute approximate surface area is 452 Å². The molecule has 2 aliphatic rings. The number of hydrogen-bond donors (Lipinski definition) is 2. The second kappa shape index (κ2) is 25.4. The van der Waals surface area contributed by atoms with E-state index in [0.717, 1.165) is 101 Å². The van der Waals surface area contributed by atoms with E-state index in [2.05, 4.69) is 103 Å². The van der Waals surface area contributed by atoms with Gasteiger partial charge in [-0.3, -0.25) is 4.55 Å². The third kappa shape index (κ3) is 13.6. The van der Waals surface area contributed by atoms with E-state index in [0.29, 0.717) is 52.4 Å². The number of unbranched alkanes of at least 4 members (excludes halogenated alkanes) is 1. The van der Waals surface area contributed by atoms with E-state index in [-0.39, 0.29) is 9.79 Å². The molecule has 0 saturated carbocycles. The van der Waals surface area contributed by atoms with Crippen LogP contribution in [0.25, 0.3) is 33.4 Å². The van der Waals surface area contributed by atoms with E-state index >= 15 is 0 Å². The predicted octanol–water partition coefficient (Wildman–Crippen LogP) is 14.7. The fraction of sp³-hybridized carbons (Fsp3) is 0.295. The lowest BCUT2D eigenvalue weighted by atomic mass is 9.93. The second-order valence-electron chi connectivity index (χ2n) is 19.1. The maximum Gasteiger partial charge on any atom is 0.312 e.